The minimum absolute atomic E-state index is 0.0188. The molecule has 0 spiro atoms. The number of anilines is 5. The first-order chi connectivity index (χ1) is 56.3. The second kappa shape index (κ2) is 40.2. The second-order valence-corrected chi connectivity index (χ2v) is 38.2. The van der Waals surface area contributed by atoms with Crippen molar-refractivity contribution in [3.63, 3.8) is 0 Å². The molecule has 5 aliphatic heterocycles. The summed E-state index contributed by atoms with van der Waals surface area (Å²) in [6, 6.07) is 0. The Balaban J connectivity index is 0.000000153. The van der Waals surface area contributed by atoms with Crippen molar-refractivity contribution in [1.29, 1.82) is 0 Å². The molecule has 0 aliphatic carbocycles. The number of imidazole rings is 5. The van der Waals surface area contributed by atoms with Gasteiger partial charge in [0.2, 0.25) is 47.5 Å². The molecule has 5 saturated heterocycles. The fraction of sp³-hybridized carbons (Fsp3) is 0.608. The quantitative estimate of drug-likeness (QED) is 0.0316. The third-order valence-electron chi connectivity index (χ3n) is 21.6. The number of hydrogen-bond donors (Lipinski definition) is 14. The molecule has 648 valence electrons. The number of halogens is 2. The van der Waals surface area contributed by atoms with Crippen LogP contribution in [0, 0.1) is 53.3 Å². The molecule has 5 aliphatic rings. The van der Waals surface area contributed by atoms with E-state index in [1.165, 1.54) is 48.7 Å². The number of hydrogen-bond acceptors (Lipinski definition) is 32. The summed E-state index contributed by atoms with van der Waals surface area (Å²) in [6.45, 7) is 33.8. The minimum Gasteiger partial charge on any atom is -0.451 e. The molecule has 10 aromatic rings. The number of amides is 3. The maximum Gasteiger partial charge on any atom is 0.303 e. The zero-order valence-corrected chi connectivity index (χ0v) is 74.4. The zero-order valence-electron chi connectivity index (χ0n) is 68.8. The van der Waals surface area contributed by atoms with Gasteiger partial charge in [0.25, 0.3) is 16.7 Å². The van der Waals surface area contributed by atoms with E-state index < -0.39 is 51.5 Å². The van der Waals surface area contributed by atoms with Crippen LogP contribution in [0.1, 0.15) is 165 Å². The standard InChI is InChI=1S/C17H25N5O2S.C15H21N5O4S.C14H19N5O5S.C13H18ClN5S.C10H18O2S.C5H4ClN5/c1-6-11-9(4)10(5)16(25-11)22-7-18-12-13(22)19-17(21-15(12)24)20-14(23)8(2)3;1-4-7-9(21)10(22)14(25-7)20-5-16-8-11(20)17-15(19-13(8)24)18-12(23)6(2)3;1-5(2)11(23)17-14-16-10-7(12(24)18-14)15-4-19(10)13-9(22)8(21)6(3-20)25-13;1-4-8-6(2)7(3)12(20-8)19-5-16-9-10(14)17-13(15)18-11(9)19;1-5-9-6(2)7(3)10(13-9)12-8(4)11;6-3-2-4(9-1-8-2)11-5(7)10-3/h7-11,16H,6H2,1-5H3,(H2,19,20,21,23,24);5-7,9-10,14,21-22H,4H2,1-3H3,(H2,17,18,19,23,24);4-6,8-9,13,20-22H,3H2,1-2H3,(H2,16,17,18,23,24);5-8,12H,4H2,1-3H3,(H2,15,17,18);6-7,9-10H,5H2,1-4H3;1H,(H3,7,8,9,10,11)/t9-,10+,11+,16+;7-,9-,10-,14-;6-,8-,9-,13-;6-,7+,8+,12+;6-,7+,9+,10?;/m01100./s1. The molecule has 10 aromatic heterocycles. The average Bonchev–Trinajstić information content (AvgIpc) is 1.63. The zero-order chi connectivity index (χ0) is 87.2. The maximum absolute atomic E-state index is 12.3. The summed E-state index contributed by atoms with van der Waals surface area (Å²) in [5, 5.41) is 58.9. The lowest BCUT2D eigenvalue weighted by Crippen LogP contribution is -2.32. The van der Waals surface area contributed by atoms with Crippen molar-refractivity contribution in [2.24, 2.45) is 53.3 Å². The Hall–Kier alpha value is -8.24. The summed E-state index contributed by atoms with van der Waals surface area (Å²) in [6.07, 6.45) is 7.79. The van der Waals surface area contributed by atoms with E-state index >= 15 is 0 Å². The fourth-order valence-electron chi connectivity index (χ4n) is 14.0. The van der Waals surface area contributed by atoms with Gasteiger partial charge in [-0.05, 0) is 55.3 Å². The highest BCUT2D eigenvalue weighted by Crippen LogP contribution is 2.53. The molecule has 15 rings (SSSR count). The molecule has 0 saturated carbocycles. The minimum atomic E-state index is -1.16. The molecule has 0 bridgehead atoms. The summed E-state index contributed by atoms with van der Waals surface area (Å²) < 4.78 is 12.4. The highest BCUT2D eigenvalue weighted by atomic mass is 35.5. The topological polar surface area (TPSA) is 556 Å². The summed E-state index contributed by atoms with van der Waals surface area (Å²) in [5.41, 5.74) is 13.7. The Morgan fingerprint density at radius 3 is 1.17 bits per heavy atom. The van der Waals surface area contributed by atoms with Crippen molar-refractivity contribution >= 4 is 191 Å². The van der Waals surface area contributed by atoms with Crippen LogP contribution in [-0.4, -0.2) is 210 Å². The van der Waals surface area contributed by atoms with E-state index in [9.17, 15) is 59.1 Å². The SMILES string of the molecule is CC(C)C(=O)Nc1nc2c(ncn2[C@@H]2S[C@H](CO)[C@@H](O)[C@H]2O)c(=O)[nH]1.CC[C@H]1SC(OC(C)=O)[C@H](C)[C@@H]1C.CC[C@H]1S[C@@H](n2cnc3c(=O)[nH]c(NC(=O)C(C)C)nc32)[C@H](C)[C@@H]1C.CC[C@H]1S[C@@H](n2cnc3c(=O)[nH]c(NC(=O)C(C)C)nc32)[C@H](O)[C@@H]1O.CC[C@H]1S[C@@H](n2cnc3c(Cl)nc(N)nc32)[C@H](C)[C@@H]1C.Nc1nc(Cl)c2[nH]cnc2n1. The van der Waals surface area contributed by atoms with Gasteiger partial charge in [-0.1, -0.05) is 134 Å². The number of nitrogens with two attached hydrogens (primary N) is 2. The number of ether oxygens (including phenoxy) is 1. The molecule has 5 fully saturated rings. The number of esters is 1. The number of nitrogens with zero attached hydrogens (tertiary/aromatic N) is 16. The number of fused-ring (bicyclic) bond motifs is 5. The highest BCUT2D eigenvalue weighted by molar-refractivity contribution is 8.01. The number of rotatable bonds is 16. The molecule has 0 radical (unpaired) electrons. The van der Waals surface area contributed by atoms with Crippen LogP contribution in [-0.2, 0) is 23.9 Å². The van der Waals surface area contributed by atoms with Gasteiger partial charge in [-0.25, -0.2) is 24.9 Å². The van der Waals surface area contributed by atoms with E-state index in [2.05, 4.69) is 163 Å². The third kappa shape index (κ3) is 20.8. The van der Waals surface area contributed by atoms with Gasteiger partial charge in [0.15, 0.2) is 60.5 Å². The number of nitrogens with one attached hydrogen (secondary N) is 7. The Morgan fingerprint density at radius 2 is 0.807 bits per heavy atom. The smallest absolute Gasteiger partial charge is 0.303 e. The van der Waals surface area contributed by atoms with Crippen LogP contribution in [0.3, 0.4) is 0 Å². The van der Waals surface area contributed by atoms with Gasteiger partial charge in [-0.3, -0.25) is 73.6 Å². The lowest BCUT2D eigenvalue weighted by atomic mass is 9.92. The molecular formula is C74H105Cl2N25O13S5. The lowest BCUT2D eigenvalue weighted by Gasteiger charge is -2.19. The Kier molecular flexibility index (Phi) is 31.4. The van der Waals surface area contributed by atoms with Crippen molar-refractivity contribution in [2.45, 2.75) is 221 Å². The van der Waals surface area contributed by atoms with E-state index in [0.29, 0.717) is 101 Å². The van der Waals surface area contributed by atoms with Gasteiger partial charge in [0, 0.05) is 51.6 Å². The molecule has 0 aromatic carbocycles. The monoisotopic (exact) mass is 1780 g/mol. The number of aliphatic hydroxyl groups excluding tert-OH is 5. The first-order valence-electron chi connectivity index (χ1n) is 39.2. The Morgan fingerprint density at radius 1 is 0.462 bits per heavy atom. The van der Waals surface area contributed by atoms with Gasteiger partial charge in [-0.2, -0.15) is 34.9 Å². The number of thioether (sulfide) groups is 5. The average molecular weight is 1780 g/mol. The van der Waals surface area contributed by atoms with E-state index in [-0.39, 0.29) is 122 Å². The van der Waals surface area contributed by atoms with Crippen LogP contribution in [0.4, 0.5) is 29.7 Å². The first-order valence-corrected chi connectivity index (χ1v) is 44.7. The van der Waals surface area contributed by atoms with E-state index in [4.69, 9.17) is 39.4 Å². The highest BCUT2D eigenvalue weighted by Gasteiger charge is 2.46. The number of H-pyrrole nitrogens is 4. The number of nitrogen functional groups attached to an aromatic ring is 2. The van der Waals surface area contributed by atoms with Gasteiger partial charge in [0.1, 0.15) is 34.0 Å². The molecule has 1 unspecified atom stereocenters. The van der Waals surface area contributed by atoms with Crippen LogP contribution < -0.4 is 44.1 Å². The molecule has 16 N–H and O–H groups in total. The lowest BCUT2D eigenvalue weighted by molar-refractivity contribution is -0.144. The number of carbonyl (C=O) groups excluding carboxylic acids is 4. The van der Waals surface area contributed by atoms with Crippen molar-refractivity contribution < 1.29 is 49.4 Å². The van der Waals surface area contributed by atoms with Crippen molar-refractivity contribution in [3.8, 4) is 0 Å². The summed E-state index contributed by atoms with van der Waals surface area (Å²) in [4.78, 5) is 143. The first kappa shape index (κ1) is 93.0. The fourth-order valence-corrected chi connectivity index (χ4v) is 22.7. The molecule has 45 heteroatoms. The predicted octanol–water partition coefficient (Wildman–Crippen LogP) is 9.13. The molecular weight excluding hydrogens is 1680 g/mol. The van der Waals surface area contributed by atoms with E-state index in [0.717, 1.165) is 30.3 Å². The van der Waals surface area contributed by atoms with E-state index in [1.54, 1.807) is 52.4 Å². The van der Waals surface area contributed by atoms with Crippen LogP contribution in [0.2, 0.25) is 10.3 Å². The van der Waals surface area contributed by atoms with Crippen LogP contribution in [0.5, 0.6) is 0 Å². The normalized spacial score (nSPS) is 27.0. The van der Waals surface area contributed by atoms with Gasteiger partial charge in [0.05, 0.1) is 66.4 Å². The van der Waals surface area contributed by atoms with Gasteiger partial charge < -0.3 is 55.9 Å². The number of aliphatic hydroxyl groups is 5. The van der Waals surface area contributed by atoms with Crippen LogP contribution in [0.25, 0.3) is 55.8 Å². The van der Waals surface area contributed by atoms with Crippen molar-refractivity contribution in [3.05, 3.63) is 73.0 Å². The summed E-state index contributed by atoms with van der Waals surface area (Å²) >= 11 is 20.1. The van der Waals surface area contributed by atoms with Gasteiger partial charge in [-0.15, -0.1) is 58.8 Å². The Labute approximate surface area is 715 Å². The predicted molar refractivity (Wildman–Crippen MR) is 467 cm³/mol. The summed E-state index contributed by atoms with van der Waals surface area (Å²) in [7, 11) is 0. The molecule has 15 heterocycles. The van der Waals surface area contributed by atoms with Crippen molar-refractivity contribution in [2.75, 3.05) is 34.0 Å². The van der Waals surface area contributed by atoms with Gasteiger partial charge >= 0.3 is 5.97 Å². The summed E-state index contributed by atoms with van der Waals surface area (Å²) in [5.74, 6) is 2.23. The molecule has 119 heavy (non-hydrogen) atoms. The number of aromatic nitrogens is 20. The van der Waals surface area contributed by atoms with Crippen LogP contribution in [0.15, 0.2) is 46.0 Å². The number of carbonyl (C=O) groups is 4. The number of aromatic amines is 4. The largest absolute Gasteiger partial charge is 0.451 e. The van der Waals surface area contributed by atoms with E-state index in [1.807, 2.05) is 53.1 Å². The van der Waals surface area contributed by atoms with Crippen LogP contribution >= 0.6 is 82.0 Å². The molecule has 20 atom stereocenters. The third-order valence-corrected chi connectivity index (χ3v) is 31.5. The second-order valence-electron chi connectivity index (χ2n) is 30.7. The molecule has 3 amide bonds. The Bertz CT molecular complexity index is 5080. The molecule has 38 nitrogen and oxygen atoms in total. The van der Waals surface area contributed by atoms with Crippen molar-refractivity contribution in [1.82, 2.24) is 98.0 Å². The maximum atomic E-state index is 12.3.